The second-order valence-corrected chi connectivity index (χ2v) is 10.1. The first-order valence-corrected chi connectivity index (χ1v) is 12.8. The molecule has 0 aliphatic carbocycles. The van der Waals surface area contributed by atoms with Crippen molar-refractivity contribution in [1.29, 1.82) is 0 Å². The molecule has 2 aliphatic heterocycles. The molecular weight excluding hydrogens is 474 g/mol. The molecule has 10 heteroatoms. The molecule has 192 valence electrons. The molecule has 0 radical (unpaired) electrons. The zero-order chi connectivity index (χ0) is 25.7. The number of rotatable bonds is 5. The van der Waals surface area contributed by atoms with E-state index in [1.807, 2.05) is 31.4 Å². The summed E-state index contributed by atoms with van der Waals surface area (Å²) in [6, 6.07) is 7.65. The highest BCUT2D eigenvalue weighted by atomic mass is 19.1. The lowest BCUT2D eigenvalue weighted by Crippen LogP contribution is -2.40. The molecule has 0 amide bonds. The van der Waals surface area contributed by atoms with Crippen LogP contribution in [0.1, 0.15) is 43.4 Å². The molecule has 0 bridgehead atoms. The third-order valence-corrected chi connectivity index (χ3v) is 7.33. The van der Waals surface area contributed by atoms with Gasteiger partial charge in [0.05, 0.1) is 11.7 Å². The fourth-order valence-electron chi connectivity index (χ4n) is 5.57. The van der Waals surface area contributed by atoms with Crippen LogP contribution in [0.5, 0.6) is 0 Å². The predicted octanol–water partition coefficient (Wildman–Crippen LogP) is 4.52. The van der Waals surface area contributed by atoms with E-state index in [2.05, 4.69) is 36.6 Å². The van der Waals surface area contributed by atoms with Crippen LogP contribution in [0.15, 0.2) is 30.5 Å². The SMILES string of the molecule is Cc1nc2c(F)cc(-c3nc(Nc4ccc5c(n4)CCN(C4CCNC4)C5)ncc3F)cc2n1C(C)C. The van der Waals surface area contributed by atoms with Crippen molar-refractivity contribution in [2.24, 2.45) is 0 Å². The number of halogens is 2. The van der Waals surface area contributed by atoms with Gasteiger partial charge < -0.3 is 15.2 Å². The van der Waals surface area contributed by atoms with Crippen LogP contribution in [0.2, 0.25) is 0 Å². The van der Waals surface area contributed by atoms with Crippen molar-refractivity contribution in [3.8, 4) is 11.3 Å². The second-order valence-electron chi connectivity index (χ2n) is 10.1. The Kier molecular flexibility index (Phi) is 6.08. The Bertz CT molecular complexity index is 1480. The fraction of sp³-hybridized carbons (Fsp3) is 0.407. The molecule has 2 N–H and O–H groups in total. The van der Waals surface area contributed by atoms with Crippen molar-refractivity contribution in [2.75, 3.05) is 25.0 Å². The van der Waals surface area contributed by atoms with Gasteiger partial charge in [-0.1, -0.05) is 6.07 Å². The van der Waals surface area contributed by atoms with Crippen LogP contribution < -0.4 is 10.6 Å². The largest absolute Gasteiger partial charge is 0.326 e. The fourth-order valence-corrected chi connectivity index (χ4v) is 5.57. The minimum absolute atomic E-state index is 0.0197. The van der Waals surface area contributed by atoms with Crippen LogP contribution in [0.4, 0.5) is 20.5 Å². The van der Waals surface area contributed by atoms with Gasteiger partial charge in [0.1, 0.15) is 22.9 Å². The van der Waals surface area contributed by atoms with E-state index in [1.165, 1.54) is 18.1 Å². The molecule has 2 aliphatic rings. The van der Waals surface area contributed by atoms with Gasteiger partial charge in [0, 0.05) is 49.4 Å². The maximum absolute atomic E-state index is 15.0. The highest BCUT2D eigenvalue weighted by Gasteiger charge is 2.26. The van der Waals surface area contributed by atoms with E-state index in [9.17, 15) is 8.78 Å². The van der Waals surface area contributed by atoms with Crippen LogP contribution in [0.3, 0.4) is 0 Å². The number of pyridine rings is 1. The zero-order valence-electron chi connectivity index (χ0n) is 21.2. The quantitative estimate of drug-likeness (QED) is 0.414. The number of imidazole rings is 1. The summed E-state index contributed by atoms with van der Waals surface area (Å²) in [6.07, 6.45) is 3.16. The Hall–Kier alpha value is -3.50. The van der Waals surface area contributed by atoms with Crippen molar-refractivity contribution >= 4 is 22.8 Å². The van der Waals surface area contributed by atoms with Crippen molar-refractivity contribution in [3.63, 3.8) is 0 Å². The van der Waals surface area contributed by atoms with Gasteiger partial charge in [0.15, 0.2) is 11.6 Å². The molecule has 37 heavy (non-hydrogen) atoms. The van der Waals surface area contributed by atoms with E-state index in [0.717, 1.165) is 44.5 Å². The molecule has 0 spiro atoms. The van der Waals surface area contributed by atoms with Crippen molar-refractivity contribution in [2.45, 2.75) is 52.2 Å². The molecule has 3 aromatic heterocycles. The van der Waals surface area contributed by atoms with E-state index >= 15 is 0 Å². The van der Waals surface area contributed by atoms with E-state index in [4.69, 9.17) is 4.98 Å². The van der Waals surface area contributed by atoms with E-state index in [0.29, 0.717) is 28.8 Å². The summed E-state index contributed by atoms with van der Waals surface area (Å²) >= 11 is 0. The molecule has 1 fully saturated rings. The first-order chi connectivity index (χ1) is 17.9. The van der Waals surface area contributed by atoms with Gasteiger partial charge in [-0.15, -0.1) is 0 Å². The lowest BCUT2D eigenvalue weighted by molar-refractivity contribution is 0.189. The number of aryl methyl sites for hydroxylation is 1. The highest BCUT2D eigenvalue weighted by molar-refractivity contribution is 5.83. The van der Waals surface area contributed by atoms with Gasteiger partial charge in [-0.3, -0.25) is 4.90 Å². The Morgan fingerprint density at radius 1 is 1.11 bits per heavy atom. The third kappa shape index (κ3) is 4.44. The minimum Gasteiger partial charge on any atom is -0.326 e. The second kappa shape index (κ2) is 9.42. The first kappa shape index (κ1) is 23.9. The van der Waals surface area contributed by atoms with Crippen LogP contribution in [0.25, 0.3) is 22.3 Å². The van der Waals surface area contributed by atoms with Gasteiger partial charge in [0.25, 0.3) is 0 Å². The van der Waals surface area contributed by atoms with Crippen molar-refractivity contribution in [3.05, 3.63) is 59.2 Å². The summed E-state index contributed by atoms with van der Waals surface area (Å²) < 4.78 is 31.8. The number of anilines is 2. The normalized spacial score (nSPS) is 18.1. The van der Waals surface area contributed by atoms with Crippen LogP contribution in [-0.4, -0.2) is 55.1 Å². The van der Waals surface area contributed by atoms with Gasteiger partial charge >= 0.3 is 0 Å². The summed E-state index contributed by atoms with van der Waals surface area (Å²) in [5, 5.41) is 6.55. The number of fused-ring (bicyclic) bond motifs is 2. The predicted molar refractivity (Wildman–Crippen MR) is 139 cm³/mol. The Morgan fingerprint density at radius 3 is 2.76 bits per heavy atom. The smallest absolute Gasteiger partial charge is 0.229 e. The summed E-state index contributed by atoms with van der Waals surface area (Å²) in [5.74, 6) is 0.362. The average Bonchev–Trinajstić information content (AvgIpc) is 3.53. The first-order valence-electron chi connectivity index (χ1n) is 12.8. The molecule has 6 rings (SSSR count). The van der Waals surface area contributed by atoms with Gasteiger partial charge in [0.2, 0.25) is 5.95 Å². The molecule has 1 saturated heterocycles. The number of aromatic nitrogens is 5. The molecule has 8 nitrogen and oxygen atoms in total. The summed E-state index contributed by atoms with van der Waals surface area (Å²) in [7, 11) is 0. The van der Waals surface area contributed by atoms with E-state index in [-0.39, 0.29) is 23.2 Å². The third-order valence-electron chi connectivity index (χ3n) is 7.33. The lowest BCUT2D eigenvalue weighted by Gasteiger charge is -2.32. The molecule has 1 aromatic carbocycles. The molecule has 5 heterocycles. The zero-order valence-corrected chi connectivity index (χ0v) is 21.2. The summed E-state index contributed by atoms with van der Waals surface area (Å²) in [5.41, 5.74) is 3.50. The summed E-state index contributed by atoms with van der Waals surface area (Å²) in [4.78, 5) is 20.2. The van der Waals surface area contributed by atoms with Crippen molar-refractivity contribution < 1.29 is 8.78 Å². The Labute approximate surface area is 214 Å². The Balaban J connectivity index is 1.28. The van der Waals surface area contributed by atoms with Crippen LogP contribution >= 0.6 is 0 Å². The molecule has 1 atom stereocenters. The molecular formula is C27H30F2N8. The number of benzene rings is 1. The average molecular weight is 505 g/mol. The maximum atomic E-state index is 15.0. The minimum atomic E-state index is -0.628. The van der Waals surface area contributed by atoms with Gasteiger partial charge in [-0.05, 0) is 57.5 Å². The molecule has 1 unspecified atom stereocenters. The van der Waals surface area contributed by atoms with Crippen molar-refractivity contribution in [1.82, 2.24) is 34.7 Å². The van der Waals surface area contributed by atoms with Crippen LogP contribution in [-0.2, 0) is 13.0 Å². The van der Waals surface area contributed by atoms with E-state index < -0.39 is 11.6 Å². The maximum Gasteiger partial charge on any atom is 0.229 e. The van der Waals surface area contributed by atoms with E-state index in [1.54, 1.807) is 6.07 Å². The molecule has 0 saturated carbocycles. The number of nitrogens with one attached hydrogen (secondary N) is 2. The van der Waals surface area contributed by atoms with Gasteiger partial charge in [-0.25, -0.2) is 28.7 Å². The lowest BCUT2D eigenvalue weighted by atomic mass is 10.0. The number of hydrogen-bond acceptors (Lipinski definition) is 7. The standard InChI is InChI=1S/C27H30F2N8/c1-15(2)37-16(3)32-26-20(28)10-18(11-23(26)37)25-21(29)13-31-27(35-25)34-24-5-4-17-14-36(9-7-22(17)33-24)19-6-8-30-12-19/h4-5,10-11,13,15,19,30H,6-9,12,14H2,1-3H3,(H,31,33,34,35). The summed E-state index contributed by atoms with van der Waals surface area (Å²) in [6.45, 7) is 9.84. The Morgan fingerprint density at radius 2 is 1.97 bits per heavy atom. The number of hydrogen-bond donors (Lipinski definition) is 2. The topological polar surface area (TPSA) is 83.8 Å². The van der Waals surface area contributed by atoms with Gasteiger partial charge in [-0.2, -0.15) is 0 Å². The number of nitrogens with zero attached hydrogens (tertiary/aromatic N) is 6. The molecule has 4 aromatic rings. The highest BCUT2D eigenvalue weighted by Crippen LogP contribution is 2.31. The monoisotopic (exact) mass is 504 g/mol. The van der Waals surface area contributed by atoms with Crippen LogP contribution in [0, 0.1) is 18.6 Å².